The summed E-state index contributed by atoms with van der Waals surface area (Å²) in [5.74, 6) is 0.981. The van der Waals surface area contributed by atoms with Crippen LogP contribution in [0.3, 0.4) is 0 Å². The van der Waals surface area contributed by atoms with E-state index >= 15 is 0 Å². The number of hydrogen-bond donors (Lipinski definition) is 1. The maximum absolute atomic E-state index is 4.88. The molecule has 0 spiro atoms. The Labute approximate surface area is 134 Å². The molecular formula is C15H21N5OS. The highest BCUT2D eigenvalue weighted by Crippen LogP contribution is 2.09. The molecule has 3 heterocycles. The lowest BCUT2D eigenvalue weighted by Crippen LogP contribution is -2.52. The topological polar surface area (TPSA) is 56.9 Å². The molecule has 6 nitrogen and oxygen atoms in total. The second kappa shape index (κ2) is 7.42. The summed E-state index contributed by atoms with van der Waals surface area (Å²) in [6.45, 7) is 5.65. The van der Waals surface area contributed by atoms with Crippen LogP contribution in [0, 0.1) is 0 Å². The largest absolute Gasteiger partial charge is 0.364 e. The third-order valence-corrected chi connectivity index (χ3v) is 4.64. The molecular weight excluding hydrogens is 298 g/mol. The summed E-state index contributed by atoms with van der Waals surface area (Å²) in [6.07, 6.45) is 1.63. The van der Waals surface area contributed by atoms with E-state index in [-0.39, 0.29) is 0 Å². The van der Waals surface area contributed by atoms with Gasteiger partial charge in [-0.05, 0) is 11.4 Å². The minimum Gasteiger partial charge on any atom is -0.364 e. The molecule has 1 aliphatic rings. The van der Waals surface area contributed by atoms with Gasteiger partial charge in [-0.1, -0.05) is 11.2 Å². The molecule has 0 aliphatic carbocycles. The maximum atomic E-state index is 4.88. The molecule has 0 aromatic carbocycles. The van der Waals surface area contributed by atoms with Crippen molar-refractivity contribution in [1.82, 2.24) is 20.3 Å². The van der Waals surface area contributed by atoms with E-state index in [0.29, 0.717) is 0 Å². The number of aromatic nitrogens is 1. The zero-order chi connectivity index (χ0) is 15.2. The Kier molecular flexibility index (Phi) is 5.07. The van der Waals surface area contributed by atoms with Gasteiger partial charge >= 0.3 is 0 Å². The second-order valence-corrected chi connectivity index (χ2v) is 6.27. The molecule has 1 saturated heterocycles. The van der Waals surface area contributed by atoms with Crippen LogP contribution >= 0.6 is 11.3 Å². The van der Waals surface area contributed by atoms with Crippen molar-refractivity contribution in [3.05, 3.63) is 40.4 Å². The van der Waals surface area contributed by atoms with E-state index in [9.17, 15) is 0 Å². The first-order valence-electron chi connectivity index (χ1n) is 7.45. The van der Waals surface area contributed by atoms with Gasteiger partial charge in [0.05, 0.1) is 12.2 Å². The quantitative estimate of drug-likeness (QED) is 0.686. The highest BCUT2D eigenvalue weighted by atomic mass is 32.1. The number of nitrogens with zero attached hydrogens (tertiary/aromatic N) is 4. The predicted octanol–water partition coefficient (Wildman–Crippen LogP) is 1.63. The Morgan fingerprint density at radius 2 is 2.23 bits per heavy atom. The summed E-state index contributed by atoms with van der Waals surface area (Å²) >= 11 is 1.76. The van der Waals surface area contributed by atoms with Crippen LogP contribution < -0.4 is 5.32 Å². The summed E-state index contributed by atoms with van der Waals surface area (Å²) in [5.41, 5.74) is 0.994. The van der Waals surface area contributed by atoms with Crippen LogP contribution in [-0.4, -0.2) is 54.1 Å². The smallest absolute Gasteiger partial charge is 0.194 e. The van der Waals surface area contributed by atoms with E-state index in [4.69, 9.17) is 4.52 Å². The summed E-state index contributed by atoms with van der Waals surface area (Å²) in [4.78, 5) is 10.4. The number of thiophene rings is 1. The van der Waals surface area contributed by atoms with Gasteiger partial charge < -0.3 is 14.7 Å². The monoisotopic (exact) mass is 319 g/mol. The number of hydrogen-bond acceptors (Lipinski definition) is 5. The molecule has 0 amide bonds. The van der Waals surface area contributed by atoms with Crippen molar-refractivity contribution >= 4 is 17.3 Å². The minimum atomic E-state index is 0.837. The van der Waals surface area contributed by atoms with Crippen molar-refractivity contribution in [2.75, 3.05) is 33.2 Å². The van der Waals surface area contributed by atoms with Crippen LogP contribution in [0.25, 0.3) is 0 Å². The summed E-state index contributed by atoms with van der Waals surface area (Å²) in [7, 11) is 1.85. The molecule has 22 heavy (non-hydrogen) atoms. The predicted molar refractivity (Wildman–Crippen MR) is 87.9 cm³/mol. The number of guanidine groups is 1. The van der Waals surface area contributed by atoms with E-state index < -0.39 is 0 Å². The Bertz CT molecular complexity index is 573. The molecule has 1 N–H and O–H groups in total. The average molecular weight is 319 g/mol. The SMILES string of the molecule is CN=C(NCc1cccs1)N1CCN(Cc2ccon2)CC1. The van der Waals surface area contributed by atoms with Gasteiger partial charge in [0.1, 0.15) is 6.26 Å². The first kappa shape index (κ1) is 15.1. The second-order valence-electron chi connectivity index (χ2n) is 5.23. The van der Waals surface area contributed by atoms with E-state index in [0.717, 1.165) is 50.9 Å². The molecule has 0 saturated carbocycles. The average Bonchev–Trinajstić information content (AvgIpc) is 3.23. The van der Waals surface area contributed by atoms with Gasteiger partial charge in [0.25, 0.3) is 0 Å². The summed E-state index contributed by atoms with van der Waals surface area (Å²) in [5, 5.41) is 9.52. The van der Waals surface area contributed by atoms with Crippen LogP contribution in [0.5, 0.6) is 0 Å². The molecule has 7 heteroatoms. The molecule has 1 fully saturated rings. The number of piperazine rings is 1. The lowest BCUT2D eigenvalue weighted by atomic mass is 10.3. The number of rotatable bonds is 4. The highest BCUT2D eigenvalue weighted by molar-refractivity contribution is 7.09. The molecule has 3 rings (SSSR count). The first-order valence-corrected chi connectivity index (χ1v) is 8.32. The van der Waals surface area contributed by atoms with E-state index in [2.05, 4.69) is 42.8 Å². The lowest BCUT2D eigenvalue weighted by molar-refractivity contribution is 0.169. The molecule has 118 valence electrons. The van der Waals surface area contributed by atoms with Crippen LogP contribution in [-0.2, 0) is 13.1 Å². The molecule has 2 aromatic heterocycles. The van der Waals surface area contributed by atoms with Gasteiger partial charge in [-0.2, -0.15) is 0 Å². The van der Waals surface area contributed by atoms with Crippen LogP contribution in [0.15, 0.2) is 39.4 Å². The fraction of sp³-hybridized carbons (Fsp3) is 0.467. The van der Waals surface area contributed by atoms with Gasteiger partial charge in [0.2, 0.25) is 0 Å². The van der Waals surface area contributed by atoms with Gasteiger partial charge in [0.15, 0.2) is 5.96 Å². The van der Waals surface area contributed by atoms with Crippen molar-refractivity contribution in [3.8, 4) is 0 Å². The van der Waals surface area contributed by atoms with Crippen LogP contribution in [0.1, 0.15) is 10.6 Å². The number of nitrogens with one attached hydrogen (secondary N) is 1. The van der Waals surface area contributed by atoms with Crippen molar-refractivity contribution in [2.45, 2.75) is 13.1 Å². The highest BCUT2D eigenvalue weighted by Gasteiger charge is 2.20. The normalized spacial score (nSPS) is 17.0. The summed E-state index contributed by atoms with van der Waals surface area (Å²) in [6, 6.07) is 6.14. The van der Waals surface area contributed by atoms with Crippen molar-refractivity contribution in [1.29, 1.82) is 0 Å². The molecule has 0 unspecified atom stereocenters. The molecule has 2 aromatic rings. The fourth-order valence-electron chi connectivity index (χ4n) is 2.58. The van der Waals surface area contributed by atoms with E-state index in [1.807, 2.05) is 13.1 Å². The molecule has 1 aliphatic heterocycles. The number of aliphatic imine (C=N–C) groups is 1. The Balaban J connectivity index is 1.46. The van der Waals surface area contributed by atoms with Gasteiger partial charge in [-0.15, -0.1) is 11.3 Å². The first-order chi connectivity index (χ1) is 10.8. The van der Waals surface area contributed by atoms with Crippen molar-refractivity contribution in [3.63, 3.8) is 0 Å². The molecule has 0 bridgehead atoms. The lowest BCUT2D eigenvalue weighted by Gasteiger charge is -2.36. The van der Waals surface area contributed by atoms with Crippen molar-refractivity contribution < 1.29 is 4.52 Å². The third-order valence-electron chi connectivity index (χ3n) is 3.76. The van der Waals surface area contributed by atoms with Gasteiger partial charge in [-0.25, -0.2) is 0 Å². The van der Waals surface area contributed by atoms with E-state index in [1.54, 1.807) is 17.6 Å². The van der Waals surface area contributed by atoms with Gasteiger partial charge in [0, 0.05) is 50.7 Å². The fourth-order valence-corrected chi connectivity index (χ4v) is 3.22. The molecule has 0 atom stereocenters. The Hall–Kier alpha value is -1.86. The Morgan fingerprint density at radius 3 is 2.86 bits per heavy atom. The Morgan fingerprint density at radius 1 is 1.36 bits per heavy atom. The summed E-state index contributed by atoms with van der Waals surface area (Å²) < 4.78 is 4.88. The minimum absolute atomic E-state index is 0.837. The molecule has 0 radical (unpaired) electrons. The van der Waals surface area contributed by atoms with Crippen LogP contribution in [0.2, 0.25) is 0 Å². The van der Waals surface area contributed by atoms with Crippen LogP contribution in [0.4, 0.5) is 0 Å². The zero-order valence-electron chi connectivity index (χ0n) is 12.7. The van der Waals surface area contributed by atoms with Gasteiger partial charge in [-0.3, -0.25) is 9.89 Å². The van der Waals surface area contributed by atoms with Crippen molar-refractivity contribution in [2.24, 2.45) is 4.99 Å². The standard InChI is InChI=1S/C15H21N5OS/c1-16-15(17-11-14-3-2-10-22-14)20-7-5-19(6-8-20)12-13-4-9-21-18-13/h2-4,9-10H,5-8,11-12H2,1H3,(H,16,17). The zero-order valence-corrected chi connectivity index (χ0v) is 13.6. The van der Waals surface area contributed by atoms with E-state index in [1.165, 1.54) is 4.88 Å². The maximum Gasteiger partial charge on any atom is 0.194 e. The third kappa shape index (κ3) is 3.86.